The van der Waals surface area contributed by atoms with E-state index in [4.69, 9.17) is 5.26 Å². The summed E-state index contributed by atoms with van der Waals surface area (Å²) in [4.78, 5) is 16.5. The molecule has 4 heteroatoms. The Hall–Kier alpha value is -1.89. The van der Waals surface area contributed by atoms with Gasteiger partial charge in [0.25, 0.3) is 5.91 Å². The van der Waals surface area contributed by atoms with Gasteiger partial charge in [0.2, 0.25) is 0 Å². The van der Waals surface area contributed by atoms with E-state index in [1.165, 1.54) is 11.1 Å². The second-order valence-electron chi connectivity index (χ2n) is 2.50. The first-order chi connectivity index (χ1) is 6.25. The fourth-order valence-corrected chi connectivity index (χ4v) is 0.845. The van der Waals surface area contributed by atoms with Gasteiger partial charge in [0, 0.05) is 13.2 Å². The van der Waals surface area contributed by atoms with Crippen LogP contribution in [0.4, 0.5) is 0 Å². The number of carbonyl (C=O) groups is 1. The minimum atomic E-state index is -0.206. The maximum atomic E-state index is 11.5. The van der Waals surface area contributed by atoms with Gasteiger partial charge < -0.3 is 4.90 Å². The highest BCUT2D eigenvalue weighted by Crippen LogP contribution is 1.99. The molecule has 0 N–H and O–H groups in total. The Bertz CT molecular complexity index is 328. The number of nitrogens with zero attached hydrogens (tertiary/aromatic N) is 3. The molecule has 65 valence electrons. The number of pyridine rings is 1. The summed E-state index contributed by atoms with van der Waals surface area (Å²) in [7, 11) is 1.57. The van der Waals surface area contributed by atoms with Crippen molar-refractivity contribution < 1.29 is 4.79 Å². The first-order valence-corrected chi connectivity index (χ1v) is 3.70. The molecule has 0 unspecified atom stereocenters. The molecule has 1 heterocycles. The molecule has 0 saturated heterocycles. The van der Waals surface area contributed by atoms with Gasteiger partial charge in [0.05, 0.1) is 17.8 Å². The second-order valence-corrected chi connectivity index (χ2v) is 2.50. The molecule has 0 aliphatic heterocycles. The summed E-state index contributed by atoms with van der Waals surface area (Å²) in [5.41, 5.74) is 0.469. The minimum Gasteiger partial charge on any atom is -0.328 e. The van der Waals surface area contributed by atoms with Gasteiger partial charge in [-0.15, -0.1) is 0 Å². The largest absolute Gasteiger partial charge is 0.328 e. The predicted octanol–water partition coefficient (Wildman–Crippen LogP) is 0.477. The molecule has 1 aromatic heterocycles. The third kappa shape index (κ3) is 2.27. The standard InChI is InChI=1S/C9H8N3O/c1-12(6-4-10)9(13)8-3-2-5-11-7-8/h2-3,7H,6H2,1H3. The van der Waals surface area contributed by atoms with Crippen LogP contribution < -0.4 is 0 Å². The number of amides is 1. The van der Waals surface area contributed by atoms with E-state index in [2.05, 4.69) is 11.2 Å². The fourth-order valence-electron chi connectivity index (χ4n) is 0.845. The van der Waals surface area contributed by atoms with Crippen LogP contribution in [0.1, 0.15) is 10.4 Å². The van der Waals surface area contributed by atoms with Gasteiger partial charge in [-0.25, -0.2) is 0 Å². The average molecular weight is 174 g/mol. The third-order valence-corrected chi connectivity index (χ3v) is 1.52. The lowest BCUT2D eigenvalue weighted by molar-refractivity contribution is 0.0811. The average Bonchev–Trinajstić information content (AvgIpc) is 2.18. The highest BCUT2D eigenvalue weighted by atomic mass is 16.2. The van der Waals surface area contributed by atoms with E-state index in [0.717, 1.165) is 0 Å². The Labute approximate surface area is 76.4 Å². The molecular formula is C9H8N3O. The number of carbonyl (C=O) groups excluding carboxylic acids is 1. The van der Waals surface area contributed by atoms with Crippen LogP contribution in [-0.4, -0.2) is 29.4 Å². The Balaban J connectivity index is 2.75. The molecular weight excluding hydrogens is 166 g/mol. The molecule has 0 aliphatic carbocycles. The Morgan fingerprint density at radius 1 is 1.85 bits per heavy atom. The topological polar surface area (TPSA) is 57.0 Å². The van der Waals surface area contributed by atoms with Crippen molar-refractivity contribution >= 4 is 5.91 Å². The number of hydrogen-bond donors (Lipinski definition) is 0. The normalized spacial score (nSPS) is 8.92. The van der Waals surface area contributed by atoms with Crippen molar-refractivity contribution in [1.82, 2.24) is 9.88 Å². The Kier molecular flexibility index (Phi) is 2.98. The van der Waals surface area contributed by atoms with Crippen molar-refractivity contribution in [2.75, 3.05) is 13.6 Å². The van der Waals surface area contributed by atoms with E-state index in [0.29, 0.717) is 5.56 Å². The van der Waals surface area contributed by atoms with Crippen molar-refractivity contribution in [3.05, 3.63) is 30.1 Å². The highest BCUT2D eigenvalue weighted by Gasteiger charge is 2.09. The van der Waals surface area contributed by atoms with Crippen LogP contribution in [0, 0.1) is 17.5 Å². The summed E-state index contributed by atoms with van der Waals surface area (Å²) in [5.74, 6) is -0.206. The van der Waals surface area contributed by atoms with Gasteiger partial charge in [-0.1, -0.05) is 0 Å². The molecule has 13 heavy (non-hydrogen) atoms. The SMILES string of the molecule is CN(CC#N)C(=O)c1cc[c]nc1. The van der Waals surface area contributed by atoms with E-state index < -0.39 is 0 Å². The summed E-state index contributed by atoms with van der Waals surface area (Å²) < 4.78 is 0. The maximum Gasteiger partial charge on any atom is 0.256 e. The maximum absolute atomic E-state index is 11.5. The molecule has 1 aromatic rings. The van der Waals surface area contributed by atoms with Crippen molar-refractivity contribution in [2.45, 2.75) is 0 Å². The summed E-state index contributed by atoms with van der Waals surface area (Å²) in [5, 5.41) is 8.37. The zero-order valence-electron chi connectivity index (χ0n) is 7.19. The first-order valence-electron chi connectivity index (χ1n) is 3.70. The molecule has 4 nitrogen and oxygen atoms in total. The van der Waals surface area contributed by atoms with Gasteiger partial charge in [0.15, 0.2) is 0 Å². The number of rotatable bonds is 2. The summed E-state index contributed by atoms with van der Waals surface area (Å²) in [6.07, 6.45) is 4.00. The van der Waals surface area contributed by atoms with Gasteiger partial charge in [-0.2, -0.15) is 5.26 Å². The molecule has 0 bridgehead atoms. The number of nitriles is 1. The first kappa shape index (κ1) is 9.20. The summed E-state index contributed by atoms with van der Waals surface area (Å²) in [6, 6.07) is 5.07. The van der Waals surface area contributed by atoms with Crippen molar-refractivity contribution in [1.29, 1.82) is 5.26 Å². The number of aromatic nitrogens is 1. The van der Waals surface area contributed by atoms with Gasteiger partial charge in [-0.05, 0) is 12.1 Å². The lowest BCUT2D eigenvalue weighted by atomic mass is 10.2. The molecule has 0 fully saturated rings. The second kappa shape index (κ2) is 4.21. The lowest BCUT2D eigenvalue weighted by Gasteiger charge is -2.11. The molecule has 1 radical (unpaired) electrons. The molecule has 0 atom stereocenters. The quantitative estimate of drug-likeness (QED) is 0.612. The van der Waals surface area contributed by atoms with Crippen molar-refractivity contribution in [3.8, 4) is 6.07 Å². The van der Waals surface area contributed by atoms with E-state index in [9.17, 15) is 4.79 Å². The smallest absolute Gasteiger partial charge is 0.256 e. The Morgan fingerprint density at radius 2 is 2.62 bits per heavy atom. The van der Waals surface area contributed by atoms with Crippen LogP contribution in [0.25, 0.3) is 0 Å². The molecule has 0 saturated carbocycles. The van der Waals surface area contributed by atoms with Crippen LogP contribution in [0.3, 0.4) is 0 Å². The van der Waals surface area contributed by atoms with Crippen LogP contribution in [-0.2, 0) is 0 Å². The molecule has 1 amide bonds. The summed E-state index contributed by atoms with van der Waals surface area (Å²) in [6.45, 7) is 0.0808. The van der Waals surface area contributed by atoms with Gasteiger partial charge >= 0.3 is 0 Å². The highest BCUT2D eigenvalue weighted by molar-refractivity contribution is 5.93. The molecule has 0 aliphatic rings. The van der Waals surface area contributed by atoms with Crippen molar-refractivity contribution in [2.24, 2.45) is 0 Å². The monoisotopic (exact) mass is 174 g/mol. The zero-order valence-corrected chi connectivity index (χ0v) is 7.19. The fraction of sp³-hybridized carbons (Fsp3) is 0.222. The van der Waals surface area contributed by atoms with Gasteiger partial charge in [0.1, 0.15) is 6.54 Å². The molecule has 1 rings (SSSR count). The number of hydrogen-bond acceptors (Lipinski definition) is 3. The summed E-state index contributed by atoms with van der Waals surface area (Å²) >= 11 is 0. The zero-order chi connectivity index (χ0) is 9.68. The van der Waals surface area contributed by atoms with Crippen LogP contribution >= 0.6 is 0 Å². The third-order valence-electron chi connectivity index (χ3n) is 1.52. The van der Waals surface area contributed by atoms with Crippen LogP contribution in [0.5, 0.6) is 0 Å². The predicted molar refractivity (Wildman–Crippen MR) is 45.6 cm³/mol. The molecule has 0 spiro atoms. The minimum absolute atomic E-state index is 0.0808. The van der Waals surface area contributed by atoms with Crippen molar-refractivity contribution in [3.63, 3.8) is 0 Å². The van der Waals surface area contributed by atoms with Crippen LogP contribution in [0.15, 0.2) is 18.3 Å². The van der Waals surface area contributed by atoms with Gasteiger partial charge in [-0.3, -0.25) is 9.78 Å². The lowest BCUT2D eigenvalue weighted by Crippen LogP contribution is -2.26. The van der Waals surface area contributed by atoms with E-state index in [1.807, 2.05) is 6.07 Å². The van der Waals surface area contributed by atoms with Crippen LogP contribution in [0.2, 0.25) is 0 Å². The molecule has 0 aromatic carbocycles. The Morgan fingerprint density at radius 3 is 3.15 bits per heavy atom. The van der Waals surface area contributed by atoms with E-state index in [-0.39, 0.29) is 12.5 Å². The van der Waals surface area contributed by atoms with E-state index in [1.54, 1.807) is 19.2 Å². The van der Waals surface area contributed by atoms with E-state index >= 15 is 0 Å².